The van der Waals surface area contributed by atoms with Crippen molar-refractivity contribution < 1.29 is 23.1 Å². The van der Waals surface area contributed by atoms with Crippen LogP contribution < -0.4 is 0 Å². The topological polar surface area (TPSA) is 113 Å². The van der Waals surface area contributed by atoms with Crippen molar-refractivity contribution in [2.24, 2.45) is 0 Å². The number of sulfonamides is 1. The third-order valence-corrected chi connectivity index (χ3v) is 10.3. The SMILES string of the molecule is O=C(O)CCCN1C(=O)C(=Cc2cn(-c3ccccc3)nc2-c2cccc(S(=O)(=O)N3CCCCCC3)c2)SC1=S. The van der Waals surface area contributed by atoms with Gasteiger partial charge in [0.15, 0.2) is 0 Å². The van der Waals surface area contributed by atoms with Crippen LogP contribution in [0.15, 0.2) is 70.6 Å². The highest BCUT2D eigenvalue weighted by atomic mass is 32.2. The van der Waals surface area contributed by atoms with Crippen molar-refractivity contribution in [3.8, 4) is 16.9 Å². The molecule has 0 unspecified atom stereocenters. The summed E-state index contributed by atoms with van der Waals surface area (Å²) >= 11 is 6.57. The molecule has 1 aromatic heterocycles. The number of carboxylic acids is 1. The number of rotatable bonds is 9. The van der Waals surface area contributed by atoms with Crippen LogP contribution in [-0.2, 0) is 19.6 Å². The Kier molecular flexibility index (Phi) is 9.03. The number of carboxylic acid groups (broad SMARTS) is 1. The van der Waals surface area contributed by atoms with Crippen LogP contribution in [0.5, 0.6) is 0 Å². The zero-order valence-corrected chi connectivity index (χ0v) is 24.8. The number of aromatic nitrogens is 2. The highest BCUT2D eigenvalue weighted by Crippen LogP contribution is 2.35. The number of thiocarbonyl (C=S) groups is 1. The van der Waals surface area contributed by atoms with Gasteiger partial charge in [0.2, 0.25) is 10.0 Å². The number of hydrogen-bond donors (Lipinski definition) is 1. The standard InChI is InChI=1S/C29H30N4O5S3/c34-26(35)14-9-17-32-28(36)25(40-29(32)39)19-22-20-33(23-11-4-3-5-12-23)30-27(22)21-10-8-13-24(18-21)41(37,38)31-15-6-1-2-7-16-31/h3-5,8,10-13,18-20H,1-2,6-7,9,14-17H2,(H,34,35). The van der Waals surface area contributed by atoms with Gasteiger partial charge >= 0.3 is 5.97 Å². The lowest BCUT2D eigenvalue weighted by atomic mass is 10.1. The molecule has 12 heteroatoms. The third-order valence-electron chi connectivity index (χ3n) is 7.01. The van der Waals surface area contributed by atoms with Crippen molar-refractivity contribution in [3.05, 3.63) is 71.3 Å². The zero-order valence-electron chi connectivity index (χ0n) is 22.3. The molecule has 0 bridgehead atoms. The summed E-state index contributed by atoms with van der Waals surface area (Å²) in [6, 6.07) is 16.3. The molecule has 0 radical (unpaired) electrons. The van der Waals surface area contributed by atoms with E-state index in [9.17, 15) is 18.0 Å². The summed E-state index contributed by atoms with van der Waals surface area (Å²) in [5.74, 6) is -1.22. The predicted molar refractivity (Wildman–Crippen MR) is 163 cm³/mol. The summed E-state index contributed by atoms with van der Waals surface area (Å²) in [4.78, 5) is 26.1. The fraction of sp³-hybridized carbons (Fsp3) is 0.310. The van der Waals surface area contributed by atoms with Crippen LogP contribution >= 0.6 is 24.0 Å². The van der Waals surface area contributed by atoms with Gasteiger partial charge in [-0.25, -0.2) is 13.1 Å². The molecule has 214 valence electrons. The molecule has 3 heterocycles. The maximum Gasteiger partial charge on any atom is 0.303 e. The first-order valence-corrected chi connectivity index (χ1v) is 16.1. The number of carbonyl (C=O) groups excluding carboxylic acids is 1. The lowest BCUT2D eigenvalue weighted by Crippen LogP contribution is -2.31. The van der Waals surface area contributed by atoms with Crippen LogP contribution in [0.25, 0.3) is 23.0 Å². The molecule has 41 heavy (non-hydrogen) atoms. The van der Waals surface area contributed by atoms with E-state index in [1.165, 1.54) is 4.90 Å². The van der Waals surface area contributed by atoms with Crippen LogP contribution in [-0.4, -0.2) is 68.3 Å². The lowest BCUT2D eigenvalue weighted by molar-refractivity contribution is -0.137. The Balaban J connectivity index is 1.52. The van der Waals surface area contributed by atoms with E-state index in [0.29, 0.717) is 45.6 Å². The first-order chi connectivity index (χ1) is 19.7. The van der Waals surface area contributed by atoms with E-state index in [1.54, 1.807) is 39.5 Å². The van der Waals surface area contributed by atoms with Gasteiger partial charge < -0.3 is 5.11 Å². The highest BCUT2D eigenvalue weighted by molar-refractivity contribution is 8.26. The Hall–Kier alpha value is -3.32. The van der Waals surface area contributed by atoms with Crippen molar-refractivity contribution in [1.82, 2.24) is 19.0 Å². The second-order valence-electron chi connectivity index (χ2n) is 9.89. The average molecular weight is 611 g/mol. The van der Waals surface area contributed by atoms with Gasteiger partial charge in [0.05, 0.1) is 15.5 Å². The second kappa shape index (κ2) is 12.7. The van der Waals surface area contributed by atoms with Crippen molar-refractivity contribution >= 4 is 56.3 Å². The van der Waals surface area contributed by atoms with Crippen molar-refractivity contribution in [3.63, 3.8) is 0 Å². The quantitative estimate of drug-likeness (QED) is 0.261. The number of aliphatic carboxylic acids is 1. The van der Waals surface area contributed by atoms with Crippen molar-refractivity contribution in [2.75, 3.05) is 19.6 Å². The molecule has 0 atom stereocenters. The summed E-state index contributed by atoms with van der Waals surface area (Å²) < 4.78 is 30.7. The average Bonchev–Trinajstić information content (AvgIpc) is 3.34. The Morgan fingerprint density at radius 1 is 1.05 bits per heavy atom. The van der Waals surface area contributed by atoms with Gasteiger partial charge in [-0.2, -0.15) is 9.40 Å². The molecule has 2 aliphatic heterocycles. The van der Waals surface area contributed by atoms with Crippen LogP contribution in [0.4, 0.5) is 0 Å². The Bertz CT molecular complexity index is 1590. The van der Waals surface area contributed by atoms with E-state index < -0.39 is 16.0 Å². The van der Waals surface area contributed by atoms with E-state index in [0.717, 1.165) is 43.1 Å². The van der Waals surface area contributed by atoms with E-state index in [1.807, 2.05) is 36.4 Å². The maximum atomic E-state index is 13.5. The van der Waals surface area contributed by atoms with E-state index in [4.69, 9.17) is 22.4 Å². The number of benzene rings is 2. The summed E-state index contributed by atoms with van der Waals surface area (Å²) in [6.07, 6.45) is 7.51. The van der Waals surface area contributed by atoms with Gasteiger partial charge in [0, 0.05) is 43.4 Å². The minimum Gasteiger partial charge on any atom is -0.481 e. The fourth-order valence-corrected chi connectivity index (χ4v) is 7.75. The smallest absolute Gasteiger partial charge is 0.303 e. The Labute approximate surface area is 248 Å². The summed E-state index contributed by atoms with van der Waals surface area (Å²) in [7, 11) is -3.68. The number of amides is 1. The van der Waals surface area contributed by atoms with Crippen LogP contribution in [0.3, 0.4) is 0 Å². The molecule has 2 aromatic carbocycles. The molecule has 1 N–H and O–H groups in total. The normalized spacial score (nSPS) is 17.8. The monoisotopic (exact) mass is 610 g/mol. The first-order valence-electron chi connectivity index (χ1n) is 13.5. The van der Waals surface area contributed by atoms with E-state index >= 15 is 0 Å². The van der Waals surface area contributed by atoms with Gasteiger partial charge in [-0.05, 0) is 49.6 Å². The largest absolute Gasteiger partial charge is 0.481 e. The summed E-state index contributed by atoms with van der Waals surface area (Å²) in [6.45, 7) is 1.24. The second-order valence-corrected chi connectivity index (χ2v) is 13.5. The minimum atomic E-state index is -3.68. The summed E-state index contributed by atoms with van der Waals surface area (Å²) in [5, 5.41) is 13.8. The zero-order chi connectivity index (χ0) is 29.0. The number of carbonyl (C=O) groups is 2. The van der Waals surface area contributed by atoms with Crippen LogP contribution in [0.2, 0.25) is 0 Å². The van der Waals surface area contributed by atoms with E-state index in [2.05, 4.69) is 0 Å². The molecular formula is C29H30N4O5S3. The van der Waals surface area contributed by atoms with Gasteiger partial charge in [0.25, 0.3) is 5.91 Å². The van der Waals surface area contributed by atoms with Crippen LogP contribution in [0, 0.1) is 0 Å². The summed E-state index contributed by atoms with van der Waals surface area (Å²) in [5.41, 5.74) is 2.57. The van der Waals surface area contributed by atoms with Gasteiger partial charge in [-0.3, -0.25) is 14.5 Å². The fourth-order valence-electron chi connectivity index (χ4n) is 4.89. The minimum absolute atomic E-state index is 0.0548. The van der Waals surface area contributed by atoms with Crippen molar-refractivity contribution in [1.29, 1.82) is 0 Å². The molecule has 0 aliphatic carbocycles. The Morgan fingerprint density at radius 3 is 2.49 bits per heavy atom. The molecule has 2 saturated heterocycles. The molecule has 2 aliphatic rings. The molecule has 9 nitrogen and oxygen atoms in total. The molecule has 0 spiro atoms. The Morgan fingerprint density at radius 2 is 1.78 bits per heavy atom. The highest BCUT2D eigenvalue weighted by Gasteiger charge is 2.32. The molecule has 0 saturated carbocycles. The van der Waals surface area contributed by atoms with Gasteiger partial charge in [0.1, 0.15) is 10.0 Å². The number of hydrogen-bond acceptors (Lipinski definition) is 7. The molecule has 2 fully saturated rings. The molecule has 1 amide bonds. The van der Waals surface area contributed by atoms with Gasteiger partial charge in [-0.1, -0.05) is 67.2 Å². The van der Waals surface area contributed by atoms with Crippen LogP contribution in [0.1, 0.15) is 44.1 Å². The number of thioether (sulfide) groups is 1. The molecular weight excluding hydrogens is 581 g/mol. The number of para-hydroxylation sites is 1. The van der Waals surface area contributed by atoms with E-state index in [-0.39, 0.29) is 23.8 Å². The predicted octanol–water partition coefficient (Wildman–Crippen LogP) is 5.17. The number of nitrogens with zero attached hydrogens (tertiary/aromatic N) is 4. The first kappa shape index (κ1) is 29.2. The molecule has 5 rings (SSSR count). The molecule has 3 aromatic rings. The van der Waals surface area contributed by atoms with Gasteiger partial charge in [-0.15, -0.1) is 0 Å². The maximum absolute atomic E-state index is 13.5. The lowest BCUT2D eigenvalue weighted by Gasteiger charge is -2.20. The van der Waals surface area contributed by atoms with Crippen molar-refractivity contribution in [2.45, 2.75) is 43.4 Å². The third kappa shape index (κ3) is 6.61.